The van der Waals surface area contributed by atoms with Crippen molar-refractivity contribution in [3.63, 3.8) is 0 Å². The Morgan fingerprint density at radius 3 is 2.65 bits per heavy atom. The number of amides is 1. The van der Waals surface area contributed by atoms with Crippen molar-refractivity contribution < 1.29 is 19.4 Å². The quantitative estimate of drug-likeness (QED) is 0.847. The molecule has 0 aliphatic carbocycles. The number of hydrogen-bond acceptors (Lipinski definition) is 4. The predicted molar refractivity (Wildman–Crippen MR) is 91.3 cm³/mol. The van der Waals surface area contributed by atoms with E-state index in [4.69, 9.17) is 16.3 Å². The molecule has 2 rings (SSSR count). The van der Waals surface area contributed by atoms with Crippen molar-refractivity contribution in [1.82, 2.24) is 5.32 Å². The molecule has 1 fully saturated rings. The van der Waals surface area contributed by atoms with Gasteiger partial charge in [-0.15, -0.1) is 0 Å². The van der Waals surface area contributed by atoms with Gasteiger partial charge in [0.1, 0.15) is 11.3 Å². The van der Waals surface area contributed by atoms with Gasteiger partial charge in [-0.2, -0.15) is 11.8 Å². The summed E-state index contributed by atoms with van der Waals surface area (Å²) in [5, 5.41) is 12.6. The summed E-state index contributed by atoms with van der Waals surface area (Å²) >= 11 is 7.75. The Morgan fingerprint density at radius 1 is 1.39 bits per heavy atom. The molecule has 0 radical (unpaired) electrons. The summed E-state index contributed by atoms with van der Waals surface area (Å²) in [5.41, 5.74) is -0.237. The normalized spacial score (nSPS) is 18.0. The largest absolute Gasteiger partial charge is 0.480 e. The average Bonchev–Trinajstić information content (AvgIpc) is 2.51. The van der Waals surface area contributed by atoms with Crippen molar-refractivity contribution in [2.45, 2.75) is 38.3 Å². The number of halogens is 1. The van der Waals surface area contributed by atoms with E-state index in [0.717, 1.165) is 5.56 Å². The summed E-state index contributed by atoms with van der Waals surface area (Å²) in [6, 6.07) is 5.29. The average molecular weight is 358 g/mol. The van der Waals surface area contributed by atoms with Gasteiger partial charge in [0, 0.05) is 0 Å². The fraction of sp³-hybridized carbons (Fsp3) is 0.500. The van der Waals surface area contributed by atoms with E-state index in [2.05, 4.69) is 5.32 Å². The van der Waals surface area contributed by atoms with Crippen LogP contribution in [0.2, 0.25) is 5.02 Å². The van der Waals surface area contributed by atoms with Gasteiger partial charge >= 0.3 is 5.97 Å². The first-order valence-electron chi connectivity index (χ1n) is 7.40. The van der Waals surface area contributed by atoms with E-state index in [-0.39, 0.29) is 0 Å². The molecule has 0 saturated carbocycles. The molecule has 126 valence electrons. The van der Waals surface area contributed by atoms with Crippen molar-refractivity contribution in [2.24, 2.45) is 0 Å². The fourth-order valence-corrected chi connectivity index (χ4v) is 3.75. The lowest BCUT2D eigenvalue weighted by molar-refractivity contribution is -0.149. The van der Waals surface area contributed by atoms with Gasteiger partial charge in [0.15, 0.2) is 6.10 Å². The number of hydrogen-bond donors (Lipinski definition) is 2. The third-order valence-corrected chi connectivity index (χ3v) is 5.18. The van der Waals surface area contributed by atoms with Crippen LogP contribution in [0.25, 0.3) is 0 Å². The van der Waals surface area contributed by atoms with Crippen molar-refractivity contribution in [3.05, 3.63) is 28.8 Å². The summed E-state index contributed by atoms with van der Waals surface area (Å²) in [5.74, 6) is 0.401. The lowest BCUT2D eigenvalue weighted by Gasteiger charge is -2.34. The molecule has 1 heterocycles. The molecule has 1 atom stereocenters. The molecule has 2 N–H and O–H groups in total. The van der Waals surface area contributed by atoms with Crippen molar-refractivity contribution in [1.29, 1.82) is 0 Å². The lowest BCUT2D eigenvalue weighted by Crippen LogP contribution is -2.58. The predicted octanol–water partition coefficient (Wildman–Crippen LogP) is 2.88. The van der Waals surface area contributed by atoms with Crippen molar-refractivity contribution in [2.75, 3.05) is 11.5 Å². The van der Waals surface area contributed by atoms with E-state index in [1.54, 1.807) is 30.8 Å². The molecule has 1 amide bonds. The number of carboxylic acids is 1. The van der Waals surface area contributed by atoms with Gasteiger partial charge in [-0.05, 0) is 55.9 Å². The number of nitrogens with one attached hydrogen (secondary N) is 1. The fourth-order valence-electron chi connectivity index (χ4n) is 2.39. The van der Waals surface area contributed by atoms with Crippen LogP contribution in [0, 0.1) is 6.92 Å². The third kappa shape index (κ3) is 4.32. The van der Waals surface area contributed by atoms with Gasteiger partial charge in [-0.1, -0.05) is 17.7 Å². The Morgan fingerprint density at radius 2 is 2.04 bits per heavy atom. The first-order chi connectivity index (χ1) is 10.8. The SMILES string of the molecule is Cc1ccc(Cl)c(OC(C)C(=O)NC2(C(=O)O)CCSCC2)c1. The Balaban J connectivity index is 2.07. The number of aliphatic carboxylic acids is 1. The van der Waals surface area contributed by atoms with E-state index in [0.29, 0.717) is 35.1 Å². The maximum Gasteiger partial charge on any atom is 0.329 e. The molecular weight excluding hydrogens is 338 g/mol. The van der Waals surface area contributed by atoms with Crippen LogP contribution < -0.4 is 10.1 Å². The van der Waals surface area contributed by atoms with E-state index < -0.39 is 23.5 Å². The van der Waals surface area contributed by atoms with Crippen LogP contribution in [0.4, 0.5) is 0 Å². The number of ether oxygens (including phenoxy) is 1. The maximum absolute atomic E-state index is 12.4. The van der Waals surface area contributed by atoms with E-state index >= 15 is 0 Å². The molecule has 1 aromatic rings. The summed E-state index contributed by atoms with van der Waals surface area (Å²) in [7, 11) is 0. The van der Waals surface area contributed by atoms with E-state index in [1.165, 1.54) is 0 Å². The molecule has 23 heavy (non-hydrogen) atoms. The molecule has 1 aliphatic rings. The Hall–Kier alpha value is -1.40. The molecule has 5 nitrogen and oxygen atoms in total. The highest BCUT2D eigenvalue weighted by molar-refractivity contribution is 7.99. The minimum absolute atomic E-state index is 0.413. The monoisotopic (exact) mass is 357 g/mol. The van der Waals surface area contributed by atoms with Gasteiger partial charge in [0.25, 0.3) is 5.91 Å². The minimum Gasteiger partial charge on any atom is -0.480 e. The van der Waals surface area contributed by atoms with Crippen LogP contribution in [0.1, 0.15) is 25.3 Å². The van der Waals surface area contributed by atoms with Crippen molar-refractivity contribution >= 4 is 35.2 Å². The second-order valence-electron chi connectivity index (χ2n) is 5.68. The van der Waals surface area contributed by atoms with Gasteiger partial charge < -0.3 is 15.2 Å². The second-order valence-corrected chi connectivity index (χ2v) is 7.31. The van der Waals surface area contributed by atoms with Crippen LogP contribution in [-0.4, -0.2) is 40.1 Å². The number of benzene rings is 1. The standard InChI is InChI=1S/C16H20ClNO4S/c1-10-3-4-12(17)13(9-10)22-11(2)14(19)18-16(15(20)21)5-7-23-8-6-16/h3-4,9,11H,5-8H2,1-2H3,(H,18,19)(H,20,21). The number of carboxylic acid groups (broad SMARTS) is 1. The zero-order valence-electron chi connectivity index (χ0n) is 13.1. The van der Waals surface area contributed by atoms with Gasteiger partial charge in [-0.25, -0.2) is 4.79 Å². The smallest absolute Gasteiger partial charge is 0.329 e. The number of carbonyl (C=O) groups is 2. The Labute approximate surface area is 144 Å². The van der Waals surface area contributed by atoms with Gasteiger partial charge in [0.2, 0.25) is 0 Å². The van der Waals surface area contributed by atoms with Gasteiger partial charge in [-0.3, -0.25) is 4.79 Å². The topological polar surface area (TPSA) is 75.6 Å². The highest BCUT2D eigenvalue weighted by Gasteiger charge is 2.42. The molecule has 1 aromatic carbocycles. The molecular formula is C16H20ClNO4S. The number of carbonyl (C=O) groups excluding carboxylic acids is 1. The van der Waals surface area contributed by atoms with E-state index in [1.807, 2.05) is 13.0 Å². The number of rotatable bonds is 5. The molecule has 0 aromatic heterocycles. The summed E-state index contributed by atoms with van der Waals surface area (Å²) in [6.07, 6.45) is -0.00653. The highest BCUT2D eigenvalue weighted by Crippen LogP contribution is 2.29. The van der Waals surface area contributed by atoms with Gasteiger partial charge in [0.05, 0.1) is 5.02 Å². The maximum atomic E-state index is 12.4. The summed E-state index contributed by atoms with van der Waals surface area (Å²) < 4.78 is 5.61. The molecule has 7 heteroatoms. The molecule has 1 aliphatic heterocycles. The minimum atomic E-state index is -1.20. The Bertz CT molecular complexity index is 602. The van der Waals surface area contributed by atoms with E-state index in [9.17, 15) is 14.7 Å². The van der Waals surface area contributed by atoms with Crippen molar-refractivity contribution in [3.8, 4) is 5.75 Å². The first kappa shape index (κ1) is 17.9. The Kier molecular flexibility index (Phi) is 5.81. The second kappa shape index (κ2) is 7.45. The summed E-state index contributed by atoms with van der Waals surface area (Å²) in [4.78, 5) is 24.0. The molecule has 1 saturated heterocycles. The zero-order chi connectivity index (χ0) is 17.0. The van der Waals surface area contributed by atoms with Crippen LogP contribution in [0.3, 0.4) is 0 Å². The summed E-state index contributed by atoms with van der Waals surface area (Å²) in [6.45, 7) is 3.48. The zero-order valence-corrected chi connectivity index (χ0v) is 14.7. The molecule has 0 spiro atoms. The highest BCUT2D eigenvalue weighted by atomic mass is 35.5. The number of thioether (sulfide) groups is 1. The van der Waals surface area contributed by atoms with Crippen LogP contribution >= 0.6 is 23.4 Å². The van der Waals surface area contributed by atoms with Crippen LogP contribution in [0.5, 0.6) is 5.75 Å². The molecule has 1 unspecified atom stereocenters. The van der Waals surface area contributed by atoms with Crippen LogP contribution in [0.15, 0.2) is 18.2 Å². The lowest BCUT2D eigenvalue weighted by atomic mass is 9.92. The third-order valence-electron chi connectivity index (χ3n) is 3.88. The van der Waals surface area contributed by atoms with Crippen LogP contribution in [-0.2, 0) is 9.59 Å². The number of aryl methyl sites for hydroxylation is 1. The molecule has 0 bridgehead atoms. The first-order valence-corrected chi connectivity index (χ1v) is 8.93.